The van der Waals surface area contributed by atoms with Gasteiger partial charge < -0.3 is 63.4 Å². The van der Waals surface area contributed by atoms with E-state index in [9.17, 15) is 5.11 Å². The predicted molar refractivity (Wildman–Crippen MR) is 521 cm³/mol. The predicted octanol–water partition coefficient (Wildman–Crippen LogP) is 32.0. The fraction of sp³-hybridized carbons (Fsp3) is 0.688. The molecule has 9 rings (SSSR count). The maximum atomic E-state index is 11.0. The summed E-state index contributed by atoms with van der Waals surface area (Å²) in [4.78, 5) is 44.3. The molecule has 7 aromatic rings. The van der Waals surface area contributed by atoms with E-state index in [4.69, 9.17) is 68.3 Å². The van der Waals surface area contributed by atoms with Crippen molar-refractivity contribution >= 4 is 44.1 Å². The number of ether oxygens (including phenoxy) is 6. The minimum atomic E-state index is -1.23. The van der Waals surface area contributed by atoms with Crippen LogP contribution in [0.3, 0.4) is 0 Å². The Bertz CT molecular complexity index is 4360. The summed E-state index contributed by atoms with van der Waals surface area (Å²) in [6.07, 6.45) is 73.8. The standard InChI is InChI=1S/C109H166N8O7.Ni/c1-9-15-21-27-33-39-45-51-57-63-73-119-95-80-89-90(81-96(95)120-74-64-58-52-46-40-34-28-22-16-10-2)105-113-103(89)111-101-87-70-69-86(71-72-109(7,8)118)79-88(87)102(110-101)112-104-91-82-97(121-75-65-59-53-47-41-35-29-23-17-11-3)98(122-76-66-60-54-48-42-36-30-24-18-12-4)83-92(91)106(114-104)116-108-94-85-100(124-78-68-62-56-50-44-38-32-26-20-14-6)99(84-93(94)107(115-105)117-108)123-77-67-61-55-49-43-37-31-25-19-13-5;/h69-70,79-85,118H,9-68,73-78H2,1-8H3;/q-2;+2. The van der Waals surface area contributed by atoms with Crippen LogP contribution in [0.5, 0.6) is 34.5 Å². The van der Waals surface area contributed by atoms with E-state index in [1.807, 2.05) is 18.2 Å². The molecule has 0 saturated heterocycles. The summed E-state index contributed by atoms with van der Waals surface area (Å²) in [5.74, 6) is 11.9. The van der Waals surface area contributed by atoms with E-state index in [-0.39, 0.29) is 16.5 Å². The van der Waals surface area contributed by atoms with E-state index in [1.165, 1.54) is 308 Å². The van der Waals surface area contributed by atoms with E-state index in [1.54, 1.807) is 13.8 Å². The molecule has 2 aliphatic rings. The zero-order chi connectivity index (χ0) is 87.1. The molecule has 0 aliphatic carbocycles. The normalized spacial score (nSPS) is 11.8. The molecule has 0 atom stereocenters. The molecule has 0 unspecified atom stereocenters. The van der Waals surface area contributed by atoms with Crippen LogP contribution < -0.4 is 38.4 Å². The molecule has 16 heteroatoms. The summed E-state index contributed by atoms with van der Waals surface area (Å²) in [5, 5.41) is 13.9. The van der Waals surface area contributed by atoms with Gasteiger partial charge in [0.1, 0.15) is 5.60 Å². The van der Waals surface area contributed by atoms with Gasteiger partial charge in [-0.2, -0.15) is 0 Å². The van der Waals surface area contributed by atoms with E-state index in [0.29, 0.717) is 131 Å². The van der Waals surface area contributed by atoms with E-state index in [2.05, 4.69) is 89.8 Å². The first-order valence-corrected chi connectivity index (χ1v) is 51.5. The SMILES string of the molecule is CCCCCCCCCCCCOc1cc2c(cc1OCCCCCCCCCCCC)-c1nc-2nc2[n-]c(nc3nc(nc4[n-]c(n1)c1cc(OCCCCCCCCCCCC)c(OCCCCCCCCCCCC)cc41)-c1cc(OCCCCCCCCCCCC)c(OCCCCCCCCCCCC)cc1-3)c1cc(C#CC(C)(C)O)ccc21.[Ni+2]. The Morgan fingerprint density at radius 3 is 0.656 bits per heavy atom. The van der Waals surface area contributed by atoms with Crippen LogP contribution in [-0.2, 0) is 16.5 Å². The molecule has 0 amide bonds. The Labute approximate surface area is 767 Å². The maximum Gasteiger partial charge on any atom is 2.00 e. The van der Waals surface area contributed by atoms with Crippen LogP contribution in [0.15, 0.2) is 54.6 Å². The largest absolute Gasteiger partial charge is 2.00 e. The molecular weight excluding hydrogens is 1590 g/mol. The van der Waals surface area contributed by atoms with Crippen molar-refractivity contribution in [3.63, 3.8) is 0 Å². The Kier molecular flexibility index (Phi) is 51.6. The monoisotopic (exact) mass is 1760 g/mol. The van der Waals surface area contributed by atoms with Crippen molar-refractivity contribution in [3.05, 3.63) is 60.2 Å². The number of aromatic nitrogens is 8. The number of benzene rings is 4. The van der Waals surface area contributed by atoms with Crippen molar-refractivity contribution < 1.29 is 50.0 Å². The van der Waals surface area contributed by atoms with Crippen molar-refractivity contribution in [1.29, 1.82) is 0 Å². The van der Waals surface area contributed by atoms with Crippen molar-refractivity contribution in [3.8, 4) is 91.9 Å². The third kappa shape index (κ3) is 38.0. The third-order valence-corrected chi connectivity index (χ3v) is 24.9. The number of nitrogens with zero attached hydrogens (tertiary/aromatic N) is 8. The number of unbranched alkanes of at least 4 members (excludes halogenated alkanes) is 54. The van der Waals surface area contributed by atoms with Gasteiger partial charge in [0.25, 0.3) is 0 Å². The molecule has 8 bridgehead atoms. The van der Waals surface area contributed by atoms with Gasteiger partial charge in [0.15, 0.2) is 34.5 Å². The van der Waals surface area contributed by atoms with Gasteiger partial charge in [0, 0.05) is 50.4 Å². The van der Waals surface area contributed by atoms with Crippen LogP contribution in [0, 0.1) is 11.8 Å². The molecule has 15 nitrogen and oxygen atoms in total. The van der Waals surface area contributed by atoms with Crippen LogP contribution in [0.1, 0.15) is 446 Å². The number of aliphatic hydroxyl groups is 1. The second-order valence-electron chi connectivity index (χ2n) is 36.8. The van der Waals surface area contributed by atoms with Gasteiger partial charge in [-0.1, -0.05) is 406 Å². The smallest absolute Gasteiger partial charge is 0.490 e. The molecule has 125 heavy (non-hydrogen) atoms. The Morgan fingerprint density at radius 2 is 0.440 bits per heavy atom. The molecule has 1 N–H and O–H groups in total. The van der Waals surface area contributed by atoms with Crippen molar-refractivity contribution in [1.82, 2.24) is 39.9 Å². The summed E-state index contributed by atoms with van der Waals surface area (Å²) in [7, 11) is 0. The van der Waals surface area contributed by atoms with Crippen LogP contribution in [0.2, 0.25) is 0 Å². The van der Waals surface area contributed by atoms with E-state index in [0.717, 1.165) is 115 Å². The molecule has 694 valence electrons. The summed E-state index contributed by atoms with van der Waals surface area (Å²) in [6, 6.07) is 18.4. The number of hydrogen-bond donors (Lipinski definition) is 1. The van der Waals surface area contributed by atoms with Gasteiger partial charge in [-0.15, -0.1) is 0 Å². The summed E-state index contributed by atoms with van der Waals surface area (Å²) < 4.78 is 41.8. The Hall–Kier alpha value is -6.95. The zero-order valence-corrected chi connectivity index (χ0v) is 80.6. The first-order valence-electron chi connectivity index (χ1n) is 51.5. The fourth-order valence-electron chi connectivity index (χ4n) is 17.3. The van der Waals surface area contributed by atoms with Crippen LogP contribution in [0.4, 0.5) is 0 Å². The quantitative estimate of drug-likeness (QED) is 0.0216. The molecule has 0 fully saturated rings. The summed E-state index contributed by atoms with van der Waals surface area (Å²) >= 11 is 0. The second-order valence-corrected chi connectivity index (χ2v) is 36.8. The minimum absolute atomic E-state index is 0. The van der Waals surface area contributed by atoms with Gasteiger partial charge in [-0.3, -0.25) is 0 Å². The molecule has 3 aromatic heterocycles. The molecular formula is C109H166N8NiO7. The number of hydrogen-bond acceptors (Lipinski definition) is 13. The van der Waals surface area contributed by atoms with Crippen molar-refractivity contribution in [2.75, 3.05) is 39.6 Å². The molecule has 2 aliphatic heterocycles. The Morgan fingerprint density at radius 1 is 0.248 bits per heavy atom. The van der Waals surface area contributed by atoms with Gasteiger partial charge in [0.2, 0.25) is 0 Å². The average Bonchev–Trinajstić information content (AvgIpc) is 1.59. The van der Waals surface area contributed by atoms with Crippen molar-refractivity contribution in [2.24, 2.45) is 0 Å². The second kappa shape index (κ2) is 62.3. The van der Waals surface area contributed by atoms with Crippen LogP contribution in [0.25, 0.3) is 89.7 Å². The van der Waals surface area contributed by atoms with Crippen LogP contribution in [-0.4, -0.2) is 80.3 Å². The summed E-state index contributed by atoms with van der Waals surface area (Å²) in [5.41, 5.74) is 4.06. The van der Waals surface area contributed by atoms with Gasteiger partial charge in [-0.05, 0) is 122 Å². The van der Waals surface area contributed by atoms with Crippen molar-refractivity contribution in [2.45, 2.75) is 446 Å². The molecule has 0 radical (unpaired) electrons. The van der Waals surface area contributed by atoms with Gasteiger partial charge >= 0.3 is 16.5 Å². The topological polar surface area (TPSA) is 181 Å². The molecule has 5 heterocycles. The van der Waals surface area contributed by atoms with E-state index < -0.39 is 5.60 Å². The molecule has 0 saturated carbocycles. The first kappa shape index (κ1) is 103. The maximum absolute atomic E-state index is 11.0. The van der Waals surface area contributed by atoms with E-state index >= 15 is 0 Å². The zero-order valence-electron chi connectivity index (χ0n) is 79.7. The number of rotatable bonds is 72. The van der Waals surface area contributed by atoms with Gasteiger partial charge in [-0.25, -0.2) is 9.97 Å². The van der Waals surface area contributed by atoms with Gasteiger partial charge in [0.05, 0.1) is 62.9 Å². The summed E-state index contributed by atoms with van der Waals surface area (Å²) in [6.45, 7) is 20.4. The molecule has 0 spiro atoms. The molecule has 4 aromatic carbocycles. The minimum Gasteiger partial charge on any atom is -0.490 e. The Balaban J connectivity index is 0.0000194. The first-order chi connectivity index (χ1) is 61.0. The average molecular weight is 1760 g/mol. The third-order valence-electron chi connectivity index (χ3n) is 24.9. The number of fused-ring (bicyclic) bond motifs is 20. The van der Waals surface area contributed by atoms with Crippen LogP contribution >= 0.6 is 0 Å². The fourth-order valence-corrected chi connectivity index (χ4v) is 17.3.